The van der Waals surface area contributed by atoms with E-state index in [1.165, 1.54) is 6.26 Å². The van der Waals surface area contributed by atoms with Crippen LogP contribution in [0, 0.1) is 0 Å². The van der Waals surface area contributed by atoms with Crippen LogP contribution in [0.15, 0.2) is 0 Å². The molecule has 0 N–H and O–H groups in total. The van der Waals surface area contributed by atoms with Crippen molar-refractivity contribution in [3.63, 3.8) is 0 Å². The quantitative estimate of drug-likeness (QED) is 0.615. The van der Waals surface area contributed by atoms with Gasteiger partial charge in [0.25, 0.3) is 0 Å². The van der Waals surface area contributed by atoms with Crippen molar-refractivity contribution in [2.75, 3.05) is 25.1 Å². The minimum Gasteiger partial charge on any atom is -0.343 e. The Labute approximate surface area is 112 Å². The molecule has 0 aliphatic carbocycles. The lowest BCUT2D eigenvalue weighted by atomic mass is 10.2. The number of nitrogens with zero attached hydrogens (tertiary/aromatic N) is 1. The van der Waals surface area contributed by atoms with Crippen LogP contribution in [0.4, 0.5) is 0 Å². The third kappa shape index (κ3) is 9.45. The maximum absolute atomic E-state index is 12.0. The van der Waals surface area contributed by atoms with Crippen molar-refractivity contribution in [2.24, 2.45) is 0 Å². The van der Waals surface area contributed by atoms with Gasteiger partial charge in [0.05, 0.1) is 5.75 Å². The molecular formula is C13H27NO3S. The minimum atomic E-state index is -2.95. The highest BCUT2D eigenvalue weighted by molar-refractivity contribution is 7.90. The van der Waals surface area contributed by atoms with Gasteiger partial charge in [0.15, 0.2) is 0 Å². The summed E-state index contributed by atoms with van der Waals surface area (Å²) in [6.45, 7) is 5.81. The summed E-state index contributed by atoms with van der Waals surface area (Å²) in [5, 5.41) is 0. The molecule has 0 aliphatic rings. The van der Waals surface area contributed by atoms with Crippen LogP contribution >= 0.6 is 0 Å². The molecule has 0 spiro atoms. The Morgan fingerprint density at radius 2 is 1.50 bits per heavy atom. The number of carbonyl (C=O) groups is 1. The minimum absolute atomic E-state index is 0.0977. The first-order chi connectivity index (χ1) is 8.40. The standard InChI is InChI=1S/C13H27NO3S/c1-4-6-10-14(11-7-5-2)13(15)9-8-12-18(3,16)17/h4-12H2,1-3H3. The number of rotatable bonds is 10. The van der Waals surface area contributed by atoms with E-state index in [0.29, 0.717) is 12.8 Å². The largest absolute Gasteiger partial charge is 0.343 e. The van der Waals surface area contributed by atoms with Gasteiger partial charge in [-0.25, -0.2) is 8.42 Å². The second kappa shape index (κ2) is 9.36. The average molecular weight is 277 g/mol. The topological polar surface area (TPSA) is 54.5 Å². The molecule has 0 bridgehead atoms. The van der Waals surface area contributed by atoms with Gasteiger partial charge in [-0.1, -0.05) is 26.7 Å². The van der Waals surface area contributed by atoms with Gasteiger partial charge in [0.1, 0.15) is 9.84 Å². The molecule has 0 rings (SSSR count). The van der Waals surface area contributed by atoms with Crippen LogP contribution in [0.25, 0.3) is 0 Å². The van der Waals surface area contributed by atoms with Gasteiger partial charge >= 0.3 is 0 Å². The molecule has 0 saturated carbocycles. The molecule has 4 nitrogen and oxygen atoms in total. The highest BCUT2D eigenvalue weighted by Crippen LogP contribution is 2.05. The lowest BCUT2D eigenvalue weighted by molar-refractivity contribution is -0.131. The second-order valence-corrected chi connectivity index (χ2v) is 7.08. The van der Waals surface area contributed by atoms with Crippen molar-refractivity contribution in [2.45, 2.75) is 52.4 Å². The highest BCUT2D eigenvalue weighted by Gasteiger charge is 2.13. The van der Waals surface area contributed by atoms with Gasteiger partial charge in [-0.2, -0.15) is 0 Å². The van der Waals surface area contributed by atoms with E-state index in [1.807, 2.05) is 4.90 Å². The summed E-state index contributed by atoms with van der Waals surface area (Å²) >= 11 is 0. The fourth-order valence-electron chi connectivity index (χ4n) is 1.70. The van der Waals surface area contributed by atoms with Crippen LogP contribution in [0.5, 0.6) is 0 Å². The third-order valence-corrected chi connectivity index (χ3v) is 3.85. The molecule has 5 heteroatoms. The van der Waals surface area contributed by atoms with Crippen molar-refractivity contribution in [1.82, 2.24) is 4.90 Å². The number of unbranched alkanes of at least 4 members (excludes halogenated alkanes) is 2. The average Bonchev–Trinajstić information content (AvgIpc) is 2.27. The van der Waals surface area contributed by atoms with Crippen LogP contribution in [0.3, 0.4) is 0 Å². The summed E-state index contributed by atoms with van der Waals surface area (Å²) in [6.07, 6.45) is 6.16. The first-order valence-corrected chi connectivity index (χ1v) is 8.92. The molecule has 0 unspecified atom stereocenters. The zero-order chi connectivity index (χ0) is 14.0. The summed E-state index contributed by atoms with van der Waals surface area (Å²) in [6, 6.07) is 0. The van der Waals surface area contributed by atoms with Crippen LogP contribution in [0.1, 0.15) is 52.4 Å². The maximum Gasteiger partial charge on any atom is 0.222 e. The molecule has 0 atom stereocenters. The Hall–Kier alpha value is -0.580. The number of sulfone groups is 1. The second-order valence-electron chi connectivity index (χ2n) is 4.82. The van der Waals surface area contributed by atoms with Gasteiger partial charge < -0.3 is 4.90 Å². The van der Waals surface area contributed by atoms with Crippen LogP contribution in [-0.4, -0.2) is 44.3 Å². The summed E-state index contributed by atoms with van der Waals surface area (Å²) in [5.74, 6) is 0.203. The van der Waals surface area contributed by atoms with E-state index in [4.69, 9.17) is 0 Å². The van der Waals surface area contributed by atoms with Gasteiger partial charge in [0, 0.05) is 25.8 Å². The Morgan fingerprint density at radius 1 is 1.00 bits per heavy atom. The molecule has 0 saturated heterocycles. The summed E-state index contributed by atoms with van der Waals surface area (Å²) in [5.41, 5.74) is 0. The first-order valence-electron chi connectivity index (χ1n) is 6.86. The zero-order valence-corrected chi connectivity index (χ0v) is 12.8. The third-order valence-electron chi connectivity index (χ3n) is 2.82. The fourth-order valence-corrected chi connectivity index (χ4v) is 2.37. The molecule has 18 heavy (non-hydrogen) atoms. The number of amides is 1. The zero-order valence-electron chi connectivity index (χ0n) is 11.9. The van der Waals surface area contributed by atoms with Crippen molar-refractivity contribution >= 4 is 15.7 Å². The van der Waals surface area contributed by atoms with Crippen molar-refractivity contribution in [3.8, 4) is 0 Å². The van der Waals surface area contributed by atoms with E-state index < -0.39 is 9.84 Å². The predicted molar refractivity (Wildman–Crippen MR) is 75.3 cm³/mol. The Kier molecular flexibility index (Phi) is 9.06. The molecule has 0 fully saturated rings. The van der Waals surface area contributed by atoms with Crippen molar-refractivity contribution in [3.05, 3.63) is 0 Å². The van der Waals surface area contributed by atoms with Crippen molar-refractivity contribution in [1.29, 1.82) is 0 Å². The summed E-state index contributed by atoms with van der Waals surface area (Å²) in [7, 11) is -2.95. The lowest BCUT2D eigenvalue weighted by Crippen LogP contribution is -2.33. The fraction of sp³-hybridized carbons (Fsp3) is 0.923. The summed E-state index contributed by atoms with van der Waals surface area (Å²) < 4.78 is 22.0. The van der Waals surface area contributed by atoms with E-state index in [1.54, 1.807) is 0 Å². The molecule has 0 heterocycles. The van der Waals surface area contributed by atoms with Crippen molar-refractivity contribution < 1.29 is 13.2 Å². The van der Waals surface area contributed by atoms with E-state index in [9.17, 15) is 13.2 Å². The summed E-state index contributed by atoms with van der Waals surface area (Å²) in [4.78, 5) is 13.9. The number of carbonyl (C=O) groups excluding carboxylic acids is 1. The van der Waals surface area contributed by atoms with E-state index in [-0.39, 0.29) is 11.7 Å². The van der Waals surface area contributed by atoms with Gasteiger partial charge in [-0.3, -0.25) is 4.79 Å². The first kappa shape index (κ1) is 17.4. The van der Waals surface area contributed by atoms with Gasteiger partial charge in [-0.15, -0.1) is 0 Å². The normalized spacial score (nSPS) is 11.5. The molecule has 0 radical (unpaired) electrons. The Balaban J connectivity index is 4.10. The van der Waals surface area contributed by atoms with Gasteiger partial charge in [0.2, 0.25) is 5.91 Å². The number of hydrogen-bond donors (Lipinski definition) is 0. The van der Waals surface area contributed by atoms with Gasteiger partial charge in [-0.05, 0) is 19.3 Å². The SMILES string of the molecule is CCCCN(CCCC)C(=O)CCCS(C)(=O)=O. The number of hydrogen-bond acceptors (Lipinski definition) is 3. The molecule has 1 amide bonds. The monoisotopic (exact) mass is 277 g/mol. The lowest BCUT2D eigenvalue weighted by Gasteiger charge is -2.22. The Morgan fingerprint density at radius 3 is 1.89 bits per heavy atom. The molecular weight excluding hydrogens is 250 g/mol. The smallest absolute Gasteiger partial charge is 0.222 e. The predicted octanol–water partition coefficient (Wildman–Crippen LogP) is 2.24. The molecule has 0 aliphatic heterocycles. The van der Waals surface area contributed by atoms with Crippen LogP contribution < -0.4 is 0 Å². The van der Waals surface area contributed by atoms with E-state index >= 15 is 0 Å². The van der Waals surface area contributed by atoms with E-state index in [0.717, 1.165) is 38.8 Å². The van der Waals surface area contributed by atoms with E-state index in [2.05, 4.69) is 13.8 Å². The molecule has 108 valence electrons. The maximum atomic E-state index is 12.0. The molecule has 0 aromatic carbocycles. The van der Waals surface area contributed by atoms with Crippen LogP contribution in [-0.2, 0) is 14.6 Å². The van der Waals surface area contributed by atoms with Crippen LogP contribution in [0.2, 0.25) is 0 Å². The highest BCUT2D eigenvalue weighted by atomic mass is 32.2. The Bertz CT molecular complexity index is 317. The molecule has 0 aromatic rings. The molecule has 0 aromatic heterocycles.